The van der Waals surface area contributed by atoms with E-state index in [1.54, 1.807) is 0 Å². The number of carbonyl (C=O) groups excluding carboxylic acids is 2. The first-order chi connectivity index (χ1) is 7.43. The van der Waals surface area contributed by atoms with Gasteiger partial charge in [0.25, 0.3) is 0 Å². The van der Waals surface area contributed by atoms with Crippen LogP contribution in [0.2, 0.25) is 0 Å². The number of rotatable bonds is 3. The molecule has 0 bridgehead atoms. The second-order valence-electron chi connectivity index (χ2n) is 3.05. The zero-order valence-electron chi connectivity index (χ0n) is 8.45. The Morgan fingerprint density at radius 1 is 1.12 bits per heavy atom. The molecule has 0 aliphatic heterocycles. The molecule has 1 N–H and O–H groups in total. The summed E-state index contributed by atoms with van der Waals surface area (Å²) in [5.74, 6) is -3.64. The lowest BCUT2D eigenvalue weighted by molar-refractivity contribution is -0.184. The van der Waals surface area contributed by atoms with Gasteiger partial charge in [-0.2, -0.15) is 26.3 Å². The van der Waals surface area contributed by atoms with Gasteiger partial charge in [-0.1, -0.05) is 0 Å². The Morgan fingerprint density at radius 3 is 1.94 bits per heavy atom. The highest BCUT2D eigenvalue weighted by molar-refractivity contribution is 5.87. The molecule has 100 valence electrons. The molecule has 0 aromatic carbocycles. The zero-order chi connectivity index (χ0) is 13.9. The van der Waals surface area contributed by atoms with Gasteiger partial charge in [0.2, 0.25) is 5.91 Å². The number of nitrogens with one attached hydrogen (secondary N) is 1. The molecular weight excluding hydrogens is 258 g/mol. The minimum absolute atomic E-state index is 0.0221. The molecule has 0 fully saturated rings. The number of hydrogen-bond acceptors (Lipinski definition) is 2. The van der Waals surface area contributed by atoms with Gasteiger partial charge in [-0.15, -0.1) is 0 Å². The highest BCUT2D eigenvalue weighted by Crippen LogP contribution is 2.17. The third-order valence-electron chi connectivity index (χ3n) is 1.46. The van der Waals surface area contributed by atoms with Crippen LogP contribution in [-0.4, -0.2) is 49.2 Å². The highest BCUT2D eigenvalue weighted by Gasteiger charge is 2.41. The second-order valence-corrected chi connectivity index (χ2v) is 3.05. The van der Waals surface area contributed by atoms with Crippen LogP contribution in [0.4, 0.5) is 26.3 Å². The van der Waals surface area contributed by atoms with Crippen molar-refractivity contribution in [2.75, 3.05) is 20.1 Å². The van der Waals surface area contributed by atoms with Crippen LogP contribution < -0.4 is 5.32 Å². The van der Waals surface area contributed by atoms with Gasteiger partial charge in [-0.25, -0.2) is 0 Å². The van der Waals surface area contributed by atoms with Crippen molar-refractivity contribution < 1.29 is 35.9 Å². The van der Waals surface area contributed by atoms with Crippen LogP contribution in [0, 0.1) is 0 Å². The minimum atomic E-state index is -5.17. The van der Waals surface area contributed by atoms with Crippen molar-refractivity contribution in [1.82, 2.24) is 10.2 Å². The van der Waals surface area contributed by atoms with Crippen molar-refractivity contribution in [3.63, 3.8) is 0 Å². The molecule has 0 saturated carbocycles. The smallest absolute Gasteiger partial charge is 0.345 e. The number of carbonyl (C=O) groups is 2. The van der Waals surface area contributed by atoms with Crippen LogP contribution in [0.25, 0.3) is 0 Å². The van der Waals surface area contributed by atoms with E-state index < -0.39 is 37.3 Å². The van der Waals surface area contributed by atoms with Crippen molar-refractivity contribution >= 4 is 11.8 Å². The fraction of sp³-hybridized carbons (Fsp3) is 0.714. The highest BCUT2D eigenvalue weighted by atomic mass is 19.4. The molecule has 0 aliphatic carbocycles. The molecule has 0 atom stereocenters. The summed E-state index contributed by atoms with van der Waals surface area (Å²) in [6.45, 7) is -2.77. The maximum atomic E-state index is 11.8. The van der Waals surface area contributed by atoms with E-state index in [-0.39, 0.29) is 4.90 Å². The van der Waals surface area contributed by atoms with Crippen molar-refractivity contribution in [3.05, 3.63) is 0 Å². The first-order valence-corrected chi connectivity index (χ1v) is 4.09. The van der Waals surface area contributed by atoms with Crippen LogP contribution >= 0.6 is 0 Å². The molecule has 0 rings (SSSR count). The molecule has 4 nitrogen and oxygen atoms in total. The van der Waals surface area contributed by atoms with Gasteiger partial charge in [0.15, 0.2) is 0 Å². The summed E-state index contributed by atoms with van der Waals surface area (Å²) in [5.41, 5.74) is 0. The topological polar surface area (TPSA) is 49.4 Å². The van der Waals surface area contributed by atoms with E-state index in [1.165, 1.54) is 5.32 Å². The Balaban J connectivity index is 4.18. The first kappa shape index (κ1) is 15.5. The predicted molar refractivity (Wildman–Crippen MR) is 42.8 cm³/mol. The molecule has 2 amide bonds. The van der Waals surface area contributed by atoms with Gasteiger partial charge in [0.1, 0.15) is 6.54 Å². The fourth-order valence-corrected chi connectivity index (χ4v) is 0.758. The summed E-state index contributed by atoms with van der Waals surface area (Å²) in [5, 5.41) is 1.33. The summed E-state index contributed by atoms with van der Waals surface area (Å²) >= 11 is 0. The van der Waals surface area contributed by atoms with Crippen molar-refractivity contribution in [2.24, 2.45) is 0 Å². The molecule has 0 saturated heterocycles. The van der Waals surface area contributed by atoms with Gasteiger partial charge in [-0.05, 0) is 0 Å². The number of nitrogens with zero attached hydrogens (tertiary/aromatic N) is 1. The second kappa shape index (κ2) is 5.23. The van der Waals surface area contributed by atoms with E-state index in [9.17, 15) is 35.9 Å². The summed E-state index contributed by atoms with van der Waals surface area (Å²) in [4.78, 5) is 21.2. The quantitative estimate of drug-likeness (QED) is 0.764. The van der Waals surface area contributed by atoms with Gasteiger partial charge in [0, 0.05) is 7.05 Å². The lowest BCUT2D eigenvalue weighted by atomic mass is 10.4. The van der Waals surface area contributed by atoms with Gasteiger partial charge in [-0.3, -0.25) is 9.59 Å². The summed E-state index contributed by atoms with van der Waals surface area (Å²) in [7, 11) is 0.656. The molecular formula is C7H8F6N2O2. The fourth-order valence-electron chi connectivity index (χ4n) is 0.758. The molecule has 0 aromatic rings. The maximum absolute atomic E-state index is 11.8. The van der Waals surface area contributed by atoms with E-state index in [0.717, 1.165) is 0 Å². The lowest BCUT2D eigenvalue weighted by Crippen LogP contribution is -2.45. The van der Waals surface area contributed by atoms with Crippen LogP contribution in [0.15, 0.2) is 0 Å². The van der Waals surface area contributed by atoms with Crippen molar-refractivity contribution in [3.8, 4) is 0 Å². The predicted octanol–water partition coefficient (Wildman–Crippen LogP) is 0.686. The van der Waals surface area contributed by atoms with Crippen molar-refractivity contribution in [1.29, 1.82) is 0 Å². The molecule has 17 heavy (non-hydrogen) atoms. The first-order valence-electron chi connectivity index (χ1n) is 4.09. The summed E-state index contributed by atoms with van der Waals surface area (Å²) < 4.78 is 70.3. The Hall–Kier alpha value is -1.48. The molecule has 0 heterocycles. The molecule has 0 radical (unpaired) electrons. The summed E-state index contributed by atoms with van der Waals surface area (Å²) in [6.07, 6.45) is -9.83. The Bertz CT molecular complexity index is 298. The summed E-state index contributed by atoms with van der Waals surface area (Å²) in [6, 6.07) is 0. The average Bonchev–Trinajstić information content (AvgIpc) is 2.10. The monoisotopic (exact) mass is 266 g/mol. The molecule has 0 spiro atoms. The minimum Gasteiger partial charge on any atom is -0.345 e. The normalized spacial score (nSPS) is 12.2. The number of hydrogen-bond donors (Lipinski definition) is 1. The SMILES string of the molecule is CN(CC(=O)NCC(F)(F)F)C(=O)C(F)(F)F. The Kier molecular flexibility index (Phi) is 4.78. The van der Waals surface area contributed by atoms with Gasteiger partial charge in [0.05, 0.1) is 6.54 Å². The van der Waals surface area contributed by atoms with Gasteiger partial charge >= 0.3 is 18.3 Å². The standard InChI is InChI=1S/C7H8F6N2O2/c1-15(5(17)7(11,12)13)2-4(16)14-3-6(8,9)10/h2-3H2,1H3,(H,14,16). The third kappa shape index (κ3) is 6.64. The number of amides is 2. The average molecular weight is 266 g/mol. The van der Waals surface area contributed by atoms with E-state index in [4.69, 9.17) is 0 Å². The van der Waals surface area contributed by atoms with E-state index in [2.05, 4.69) is 0 Å². The lowest BCUT2D eigenvalue weighted by Gasteiger charge is -2.18. The van der Waals surface area contributed by atoms with Gasteiger partial charge < -0.3 is 10.2 Å². The third-order valence-corrected chi connectivity index (χ3v) is 1.46. The van der Waals surface area contributed by atoms with Crippen LogP contribution in [0.3, 0.4) is 0 Å². The molecule has 0 unspecified atom stereocenters. The Morgan fingerprint density at radius 2 is 1.59 bits per heavy atom. The maximum Gasteiger partial charge on any atom is 0.471 e. The van der Waals surface area contributed by atoms with E-state index >= 15 is 0 Å². The number of likely N-dealkylation sites (N-methyl/N-ethyl adjacent to an activating group) is 1. The van der Waals surface area contributed by atoms with Crippen LogP contribution in [-0.2, 0) is 9.59 Å². The van der Waals surface area contributed by atoms with Crippen molar-refractivity contribution in [2.45, 2.75) is 12.4 Å². The van der Waals surface area contributed by atoms with E-state index in [0.29, 0.717) is 7.05 Å². The molecule has 0 aromatic heterocycles. The van der Waals surface area contributed by atoms with E-state index in [1.807, 2.05) is 0 Å². The molecule has 10 heteroatoms. The molecule has 0 aliphatic rings. The zero-order valence-corrected chi connectivity index (χ0v) is 8.45. The largest absolute Gasteiger partial charge is 0.471 e. The Labute approximate surface area is 91.6 Å². The van der Waals surface area contributed by atoms with Crippen LogP contribution in [0.5, 0.6) is 0 Å². The number of alkyl halides is 6. The van der Waals surface area contributed by atoms with Crippen LogP contribution in [0.1, 0.15) is 0 Å². The number of halogens is 6.